The Morgan fingerprint density at radius 3 is 2.74 bits per heavy atom. The summed E-state index contributed by atoms with van der Waals surface area (Å²) in [6, 6.07) is 16.7. The molecule has 3 heteroatoms. The average molecular weight is 304 g/mol. The maximum Gasteiger partial charge on any atom is 0.223 e. The lowest BCUT2D eigenvalue weighted by Gasteiger charge is -2.29. The molecular formula is C20H20N2O. The number of nitrogens with zero attached hydrogens (tertiary/aromatic N) is 1. The lowest BCUT2D eigenvalue weighted by Crippen LogP contribution is -2.36. The van der Waals surface area contributed by atoms with Gasteiger partial charge in [-0.25, -0.2) is 0 Å². The number of hydrogen-bond acceptors (Lipinski definition) is 1. The lowest BCUT2D eigenvalue weighted by molar-refractivity contribution is -0.132. The highest BCUT2D eigenvalue weighted by atomic mass is 16.2. The number of benzene rings is 2. The van der Waals surface area contributed by atoms with Crippen LogP contribution in [0.25, 0.3) is 10.9 Å². The van der Waals surface area contributed by atoms with Gasteiger partial charge in [-0.3, -0.25) is 4.79 Å². The van der Waals surface area contributed by atoms with Gasteiger partial charge in [0.15, 0.2) is 0 Å². The summed E-state index contributed by atoms with van der Waals surface area (Å²) in [6.07, 6.45) is 4.36. The summed E-state index contributed by atoms with van der Waals surface area (Å²) in [5.41, 5.74) is 5.04. The lowest BCUT2D eigenvalue weighted by atomic mass is 9.99. The molecule has 0 unspecified atom stereocenters. The smallest absolute Gasteiger partial charge is 0.223 e. The van der Waals surface area contributed by atoms with E-state index in [1.807, 2.05) is 23.2 Å². The van der Waals surface area contributed by atoms with Crippen LogP contribution in [-0.4, -0.2) is 22.3 Å². The van der Waals surface area contributed by atoms with E-state index < -0.39 is 0 Å². The topological polar surface area (TPSA) is 36.1 Å². The van der Waals surface area contributed by atoms with Crippen molar-refractivity contribution in [1.82, 2.24) is 9.88 Å². The second-order valence-corrected chi connectivity index (χ2v) is 6.19. The van der Waals surface area contributed by atoms with Crippen LogP contribution in [-0.2, 0) is 24.2 Å². The molecule has 0 radical (unpaired) electrons. The van der Waals surface area contributed by atoms with Gasteiger partial charge in [-0.2, -0.15) is 0 Å². The van der Waals surface area contributed by atoms with Crippen LogP contribution in [0.15, 0.2) is 54.7 Å². The third-order valence-electron chi connectivity index (χ3n) is 4.77. The highest BCUT2D eigenvalue weighted by molar-refractivity contribution is 5.84. The monoisotopic (exact) mass is 304 g/mol. The second-order valence-electron chi connectivity index (χ2n) is 6.19. The van der Waals surface area contributed by atoms with Crippen molar-refractivity contribution in [2.24, 2.45) is 0 Å². The molecule has 4 rings (SSSR count). The number of H-pyrrole nitrogens is 1. The summed E-state index contributed by atoms with van der Waals surface area (Å²) in [5.74, 6) is 0.254. The molecule has 3 aromatic rings. The van der Waals surface area contributed by atoms with Crippen molar-refractivity contribution in [2.75, 3.05) is 6.54 Å². The largest absolute Gasteiger partial charge is 0.361 e. The molecule has 23 heavy (non-hydrogen) atoms. The van der Waals surface area contributed by atoms with Gasteiger partial charge in [-0.05, 0) is 35.6 Å². The minimum atomic E-state index is 0.254. The molecule has 0 spiro atoms. The number of nitrogens with one attached hydrogen (secondary N) is 1. The second kappa shape index (κ2) is 5.92. The summed E-state index contributed by atoms with van der Waals surface area (Å²) < 4.78 is 0. The van der Waals surface area contributed by atoms with Gasteiger partial charge in [0, 0.05) is 36.6 Å². The van der Waals surface area contributed by atoms with E-state index in [9.17, 15) is 4.79 Å². The Hall–Kier alpha value is -2.55. The Kier molecular flexibility index (Phi) is 3.62. The Bertz CT molecular complexity index is 849. The Balaban J connectivity index is 1.43. The van der Waals surface area contributed by atoms with Gasteiger partial charge >= 0.3 is 0 Å². The number of para-hydroxylation sites is 1. The summed E-state index contributed by atoms with van der Waals surface area (Å²) in [4.78, 5) is 17.8. The van der Waals surface area contributed by atoms with E-state index >= 15 is 0 Å². The van der Waals surface area contributed by atoms with Gasteiger partial charge in [0.05, 0.1) is 0 Å². The third kappa shape index (κ3) is 2.74. The first-order valence-electron chi connectivity index (χ1n) is 8.21. The number of aromatic amines is 1. The standard InChI is InChI=1S/C20H20N2O/c23-20(22-12-11-15-5-1-2-6-17(15)14-22)10-9-16-13-21-19-8-4-3-7-18(16)19/h1-8,13,21H,9-12,14H2. The molecule has 0 saturated carbocycles. The quantitative estimate of drug-likeness (QED) is 0.787. The van der Waals surface area contributed by atoms with E-state index in [1.54, 1.807) is 0 Å². The van der Waals surface area contributed by atoms with Gasteiger partial charge in [-0.1, -0.05) is 42.5 Å². The Morgan fingerprint density at radius 2 is 1.83 bits per heavy atom. The first-order chi connectivity index (χ1) is 11.3. The summed E-state index contributed by atoms with van der Waals surface area (Å²) in [5, 5.41) is 1.23. The van der Waals surface area contributed by atoms with Crippen molar-refractivity contribution in [2.45, 2.75) is 25.8 Å². The number of aromatic nitrogens is 1. The van der Waals surface area contributed by atoms with Crippen LogP contribution in [0.2, 0.25) is 0 Å². The predicted molar refractivity (Wildman–Crippen MR) is 92.2 cm³/mol. The molecule has 116 valence electrons. The molecule has 1 aliphatic heterocycles. The van der Waals surface area contributed by atoms with Crippen LogP contribution < -0.4 is 0 Å². The van der Waals surface area contributed by atoms with Crippen molar-refractivity contribution in [3.63, 3.8) is 0 Å². The van der Waals surface area contributed by atoms with Crippen molar-refractivity contribution in [1.29, 1.82) is 0 Å². The maximum absolute atomic E-state index is 12.6. The van der Waals surface area contributed by atoms with Gasteiger partial charge < -0.3 is 9.88 Å². The zero-order valence-corrected chi connectivity index (χ0v) is 13.1. The summed E-state index contributed by atoms with van der Waals surface area (Å²) in [6.45, 7) is 1.59. The predicted octanol–water partition coefficient (Wildman–Crippen LogP) is 3.69. The van der Waals surface area contributed by atoms with E-state index in [4.69, 9.17) is 0 Å². The van der Waals surface area contributed by atoms with Gasteiger partial charge in [0.2, 0.25) is 5.91 Å². The fraction of sp³-hybridized carbons (Fsp3) is 0.250. The van der Waals surface area contributed by atoms with E-state index in [0.29, 0.717) is 6.42 Å². The Morgan fingerprint density at radius 1 is 1.04 bits per heavy atom. The van der Waals surface area contributed by atoms with Crippen LogP contribution in [0.3, 0.4) is 0 Å². The molecule has 0 saturated heterocycles. The number of amides is 1. The van der Waals surface area contributed by atoms with Crippen molar-refractivity contribution in [3.05, 3.63) is 71.4 Å². The zero-order chi connectivity index (χ0) is 15.6. The third-order valence-corrected chi connectivity index (χ3v) is 4.77. The van der Waals surface area contributed by atoms with E-state index in [2.05, 4.69) is 41.4 Å². The minimum absolute atomic E-state index is 0.254. The highest BCUT2D eigenvalue weighted by Crippen LogP contribution is 2.22. The van der Waals surface area contributed by atoms with Crippen LogP contribution >= 0.6 is 0 Å². The van der Waals surface area contributed by atoms with Gasteiger partial charge in [0.1, 0.15) is 0 Å². The van der Waals surface area contributed by atoms with Gasteiger partial charge in [-0.15, -0.1) is 0 Å². The highest BCUT2D eigenvalue weighted by Gasteiger charge is 2.20. The zero-order valence-electron chi connectivity index (χ0n) is 13.1. The van der Waals surface area contributed by atoms with Crippen molar-refractivity contribution >= 4 is 16.8 Å². The summed E-state index contributed by atoms with van der Waals surface area (Å²) in [7, 11) is 0. The number of aryl methyl sites for hydroxylation is 1. The SMILES string of the molecule is O=C(CCc1c[nH]c2ccccc12)N1CCc2ccccc2C1. The molecular weight excluding hydrogens is 284 g/mol. The molecule has 1 aromatic heterocycles. The summed E-state index contributed by atoms with van der Waals surface area (Å²) >= 11 is 0. The normalized spacial score (nSPS) is 14.0. The Labute approximate surface area is 135 Å². The molecule has 1 N–H and O–H groups in total. The van der Waals surface area contributed by atoms with E-state index in [1.165, 1.54) is 22.1 Å². The molecule has 2 heterocycles. The number of fused-ring (bicyclic) bond motifs is 2. The molecule has 2 aromatic carbocycles. The molecule has 3 nitrogen and oxygen atoms in total. The van der Waals surface area contributed by atoms with Gasteiger partial charge in [0.25, 0.3) is 0 Å². The first-order valence-corrected chi connectivity index (χ1v) is 8.21. The fourth-order valence-electron chi connectivity index (χ4n) is 3.45. The number of rotatable bonds is 3. The van der Waals surface area contributed by atoms with Crippen molar-refractivity contribution in [3.8, 4) is 0 Å². The fourth-order valence-corrected chi connectivity index (χ4v) is 3.45. The van der Waals surface area contributed by atoms with Crippen LogP contribution in [0.4, 0.5) is 0 Å². The van der Waals surface area contributed by atoms with Crippen LogP contribution in [0.5, 0.6) is 0 Å². The molecule has 0 fully saturated rings. The molecule has 0 aliphatic carbocycles. The number of carbonyl (C=O) groups excluding carboxylic acids is 1. The number of hydrogen-bond donors (Lipinski definition) is 1. The minimum Gasteiger partial charge on any atom is -0.361 e. The van der Waals surface area contributed by atoms with Crippen LogP contribution in [0, 0.1) is 0 Å². The molecule has 1 aliphatic rings. The van der Waals surface area contributed by atoms with Crippen LogP contribution in [0.1, 0.15) is 23.1 Å². The molecule has 0 bridgehead atoms. The first kappa shape index (κ1) is 14.1. The van der Waals surface area contributed by atoms with E-state index in [-0.39, 0.29) is 5.91 Å². The van der Waals surface area contributed by atoms with E-state index in [0.717, 1.165) is 31.4 Å². The molecule has 1 amide bonds. The number of carbonyl (C=O) groups is 1. The van der Waals surface area contributed by atoms with Crippen molar-refractivity contribution < 1.29 is 4.79 Å². The maximum atomic E-state index is 12.6. The molecule has 0 atom stereocenters. The average Bonchev–Trinajstić information content (AvgIpc) is 3.02.